The zero-order chi connectivity index (χ0) is 12.3. The summed E-state index contributed by atoms with van der Waals surface area (Å²) >= 11 is 0. The number of nitrogens with two attached hydrogens (primary N) is 1. The third-order valence-electron chi connectivity index (χ3n) is 2.89. The van der Waals surface area contributed by atoms with E-state index in [-0.39, 0.29) is 6.04 Å². The molecule has 0 aliphatic carbocycles. The molecule has 1 aromatic carbocycles. The second-order valence-electron chi connectivity index (χ2n) is 4.09. The summed E-state index contributed by atoms with van der Waals surface area (Å²) in [6.07, 6.45) is 3.77. The minimum Gasteiger partial charge on any atom is -0.334 e. The predicted octanol–water partition coefficient (Wildman–Crippen LogP) is 1.76. The highest BCUT2D eigenvalue weighted by Crippen LogP contribution is 2.20. The quantitative estimate of drug-likeness (QED) is 0.621. The minimum atomic E-state index is -0.0650. The molecule has 2 rings (SSSR count). The van der Waals surface area contributed by atoms with Crippen LogP contribution in [0.2, 0.25) is 0 Å². The molecule has 0 fully saturated rings. The Hall–Kier alpha value is -1.65. The van der Waals surface area contributed by atoms with Gasteiger partial charge >= 0.3 is 0 Å². The minimum absolute atomic E-state index is 0.0650. The Kier molecular flexibility index (Phi) is 3.56. The van der Waals surface area contributed by atoms with Crippen LogP contribution in [0.1, 0.15) is 29.9 Å². The van der Waals surface area contributed by atoms with Crippen molar-refractivity contribution in [1.29, 1.82) is 0 Å². The third kappa shape index (κ3) is 2.38. The number of aromatic nitrogens is 2. The Labute approximate surface area is 101 Å². The molecule has 2 aromatic rings. The Balaban J connectivity index is 2.40. The van der Waals surface area contributed by atoms with Crippen molar-refractivity contribution in [3.05, 3.63) is 53.6 Å². The number of hydrazine groups is 1. The molecule has 1 aromatic heterocycles. The Morgan fingerprint density at radius 2 is 2.29 bits per heavy atom. The lowest BCUT2D eigenvalue weighted by Gasteiger charge is -2.17. The standard InChI is InChI=1S/C13H18N4/c1-3-17-8-7-15-13(17)12(16-14)11-6-4-5-10(2)9-11/h4-9,12,16H,3,14H2,1-2H3. The molecule has 3 N–H and O–H groups in total. The van der Waals surface area contributed by atoms with Gasteiger partial charge in [0.1, 0.15) is 11.9 Å². The summed E-state index contributed by atoms with van der Waals surface area (Å²) < 4.78 is 2.09. The fourth-order valence-electron chi connectivity index (χ4n) is 2.02. The number of hydrogen-bond donors (Lipinski definition) is 2. The zero-order valence-electron chi connectivity index (χ0n) is 10.2. The van der Waals surface area contributed by atoms with Gasteiger partial charge < -0.3 is 4.57 Å². The number of hydrogen-bond acceptors (Lipinski definition) is 3. The number of aryl methyl sites for hydroxylation is 2. The lowest BCUT2D eigenvalue weighted by molar-refractivity contribution is 0.561. The van der Waals surface area contributed by atoms with Gasteiger partial charge in [0, 0.05) is 18.9 Å². The van der Waals surface area contributed by atoms with Crippen molar-refractivity contribution in [2.24, 2.45) is 5.84 Å². The van der Waals surface area contributed by atoms with Gasteiger partial charge in [-0.3, -0.25) is 5.84 Å². The van der Waals surface area contributed by atoms with E-state index in [0.717, 1.165) is 17.9 Å². The van der Waals surface area contributed by atoms with Crippen molar-refractivity contribution < 1.29 is 0 Å². The first-order valence-corrected chi connectivity index (χ1v) is 5.80. The van der Waals surface area contributed by atoms with Gasteiger partial charge in [-0.15, -0.1) is 0 Å². The second kappa shape index (κ2) is 5.12. The number of benzene rings is 1. The molecular formula is C13H18N4. The van der Waals surface area contributed by atoms with E-state index in [1.807, 2.05) is 12.3 Å². The van der Waals surface area contributed by atoms with E-state index in [9.17, 15) is 0 Å². The summed E-state index contributed by atoms with van der Waals surface area (Å²) in [5, 5.41) is 0. The summed E-state index contributed by atoms with van der Waals surface area (Å²) in [7, 11) is 0. The maximum Gasteiger partial charge on any atom is 0.131 e. The van der Waals surface area contributed by atoms with Gasteiger partial charge in [-0.05, 0) is 19.4 Å². The smallest absolute Gasteiger partial charge is 0.131 e. The topological polar surface area (TPSA) is 55.9 Å². The molecule has 0 aliphatic heterocycles. The van der Waals surface area contributed by atoms with Crippen molar-refractivity contribution in [3.63, 3.8) is 0 Å². The van der Waals surface area contributed by atoms with Crippen LogP contribution >= 0.6 is 0 Å². The molecule has 1 atom stereocenters. The normalized spacial score (nSPS) is 12.6. The van der Waals surface area contributed by atoms with Gasteiger partial charge in [-0.25, -0.2) is 10.4 Å². The molecule has 0 radical (unpaired) electrons. The fraction of sp³-hybridized carbons (Fsp3) is 0.308. The highest BCUT2D eigenvalue weighted by molar-refractivity contribution is 5.29. The van der Waals surface area contributed by atoms with Crippen molar-refractivity contribution in [2.75, 3.05) is 0 Å². The van der Waals surface area contributed by atoms with Crippen molar-refractivity contribution in [3.8, 4) is 0 Å². The molecule has 0 saturated carbocycles. The molecule has 1 unspecified atom stereocenters. The van der Waals surface area contributed by atoms with Gasteiger partial charge in [-0.2, -0.15) is 0 Å². The fourth-order valence-corrected chi connectivity index (χ4v) is 2.02. The first kappa shape index (κ1) is 11.8. The Morgan fingerprint density at radius 1 is 1.47 bits per heavy atom. The molecule has 0 amide bonds. The van der Waals surface area contributed by atoms with Gasteiger partial charge in [0.2, 0.25) is 0 Å². The van der Waals surface area contributed by atoms with E-state index in [1.54, 1.807) is 6.20 Å². The van der Waals surface area contributed by atoms with Crippen molar-refractivity contribution >= 4 is 0 Å². The average Bonchev–Trinajstić information content (AvgIpc) is 2.78. The average molecular weight is 230 g/mol. The van der Waals surface area contributed by atoms with Crippen LogP contribution in [0, 0.1) is 6.92 Å². The van der Waals surface area contributed by atoms with Crippen LogP contribution in [-0.4, -0.2) is 9.55 Å². The van der Waals surface area contributed by atoms with Crippen LogP contribution in [0.5, 0.6) is 0 Å². The third-order valence-corrected chi connectivity index (χ3v) is 2.89. The highest BCUT2D eigenvalue weighted by Gasteiger charge is 2.17. The van der Waals surface area contributed by atoms with E-state index in [0.29, 0.717) is 0 Å². The van der Waals surface area contributed by atoms with Crippen LogP contribution in [0.4, 0.5) is 0 Å². The largest absolute Gasteiger partial charge is 0.334 e. The Bertz CT molecular complexity index is 490. The molecule has 90 valence electrons. The molecule has 4 heteroatoms. The second-order valence-corrected chi connectivity index (χ2v) is 4.09. The molecule has 17 heavy (non-hydrogen) atoms. The molecule has 1 heterocycles. The first-order chi connectivity index (χ1) is 8.26. The van der Waals surface area contributed by atoms with Crippen molar-refractivity contribution in [1.82, 2.24) is 15.0 Å². The molecule has 0 bridgehead atoms. The Morgan fingerprint density at radius 3 is 2.94 bits per heavy atom. The molecule has 0 aliphatic rings. The van der Waals surface area contributed by atoms with E-state index >= 15 is 0 Å². The molecule has 0 saturated heterocycles. The number of imidazole rings is 1. The van der Waals surface area contributed by atoms with Crippen molar-refractivity contribution in [2.45, 2.75) is 26.4 Å². The first-order valence-electron chi connectivity index (χ1n) is 5.80. The van der Waals surface area contributed by atoms with Gasteiger partial charge in [-0.1, -0.05) is 29.8 Å². The summed E-state index contributed by atoms with van der Waals surface area (Å²) in [6, 6.07) is 8.23. The number of nitrogens with one attached hydrogen (secondary N) is 1. The molecular weight excluding hydrogens is 212 g/mol. The maximum absolute atomic E-state index is 5.67. The van der Waals surface area contributed by atoms with Gasteiger partial charge in [0.15, 0.2) is 0 Å². The van der Waals surface area contributed by atoms with Crippen LogP contribution in [-0.2, 0) is 6.54 Å². The van der Waals surface area contributed by atoms with E-state index in [4.69, 9.17) is 5.84 Å². The number of rotatable bonds is 4. The summed E-state index contributed by atoms with van der Waals surface area (Å²) in [4.78, 5) is 4.38. The maximum atomic E-state index is 5.67. The van der Waals surface area contributed by atoms with Gasteiger partial charge in [0.25, 0.3) is 0 Å². The van der Waals surface area contributed by atoms with Crippen LogP contribution in [0.3, 0.4) is 0 Å². The monoisotopic (exact) mass is 230 g/mol. The SMILES string of the molecule is CCn1ccnc1C(NN)c1cccc(C)c1. The predicted molar refractivity (Wildman–Crippen MR) is 68.2 cm³/mol. The van der Waals surface area contributed by atoms with E-state index in [1.165, 1.54) is 5.56 Å². The summed E-state index contributed by atoms with van der Waals surface area (Å²) in [5.74, 6) is 6.61. The van der Waals surface area contributed by atoms with Crippen LogP contribution in [0.15, 0.2) is 36.7 Å². The molecule has 0 spiro atoms. The lowest BCUT2D eigenvalue weighted by atomic mass is 10.0. The van der Waals surface area contributed by atoms with Crippen LogP contribution in [0.25, 0.3) is 0 Å². The summed E-state index contributed by atoms with van der Waals surface area (Å²) in [6.45, 7) is 5.05. The van der Waals surface area contributed by atoms with Crippen LogP contribution < -0.4 is 11.3 Å². The van der Waals surface area contributed by atoms with E-state index < -0.39 is 0 Å². The van der Waals surface area contributed by atoms with E-state index in [2.05, 4.69) is 47.0 Å². The molecule has 4 nitrogen and oxygen atoms in total. The summed E-state index contributed by atoms with van der Waals surface area (Å²) in [5.41, 5.74) is 5.19. The number of nitrogens with zero attached hydrogens (tertiary/aromatic N) is 2. The van der Waals surface area contributed by atoms with Gasteiger partial charge in [0.05, 0.1) is 0 Å². The lowest BCUT2D eigenvalue weighted by Crippen LogP contribution is -2.31. The highest BCUT2D eigenvalue weighted by atomic mass is 15.3. The zero-order valence-corrected chi connectivity index (χ0v) is 10.2.